The molecule has 2 N–H and O–H groups in total. The zero-order valence-electron chi connectivity index (χ0n) is 34.3. The number of carbonyl (C=O) groups excluding carboxylic acids is 2. The summed E-state index contributed by atoms with van der Waals surface area (Å²) in [6, 6.07) is 0. The van der Waals surface area contributed by atoms with Crippen molar-refractivity contribution in [1.82, 2.24) is 0 Å². The van der Waals surface area contributed by atoms with E-state index in [1.165, 1.54) is 167 Å². The zero-order chi connectivity index (χ0) is 38.0. The van der Waals surface area contributed by atoms with Gasteiger partial charge in [0.1, 0.15) is 19.8 Å². The van der Waals surface area contributed by atoms with Gasteiger partial charge in [-0.1, -0.05) is 206 Å². The van der Waals surface area contributed by atoms with Crippen molar-refractivity contribution < 1.29 is 32.7 Å². The molecule has 0 rings (SSSR count). The quantitative estimate of drug-likeness (QED) is 0.0371. The van der Waals surface area contributed by atoms with E-state index < -0.39 is 14.4 Å². The van der Waals surface area contributed by atoms with E-state index in [9.17, 15) is 14.2 Å². The minimum Gasteiger partial charge on any atom is -0.462 e. The third-order valence-corrected chi connectivity index (χ3v) is 10.6. The standard InChI is InChI=1S/C43H85NO7P/c1-3-5-7-9-11-13-15-17-19-21-23-25-27-29-31-33-35-42(45)48-39-41(40-50-52(47)49-38-37-44)51-43(46)36-34-32-30-28-26-24-22-20-18-16-14-12-10-8-6-4-2/h41H,3-40,44H2,1-2H3/q+1. The van der Waals surface area contributed by atoms with Crippen molar-refractivity contribution in [3.8, 4) is 0 Å². The summed E-state index contributed by atoms with van der Waals surface area (Å²) in [6.07, 6.45) is 40.7. The minimum atomic E-state index is -2.39. The minimum absolute atomic E-state index is 0.104. The summed E-state index contributed by atoms with van der Waals surface area (Å²) in [6.45, 7) is 4.57. The predicted octanol–water partition coefficient (Wildman–Crippen LogP) is 13.4. The van der Waals surface area contributed by atoms with Gasteiger partial charge in [-0.3, -0.25) is 9.59 Å². The molecule has 0 aliphatic carbocycles. The first-order chi connectivity index (χ1) is 25.5. The monoisotopic (exact) mass is 759 g/mol. The predicted molar refractivity (Wildman–Crippen MR) is 218 cm³/mol. The van der Waals surface area contributed by atoms with Crippen LogP contribution in [0.15, 0.2) is 0 Å². The number of hydrogen-bond acceptors (Lipinski definition) is 8. The Balaban J connectivity index is 3.98. The Kier molecular flexibility index (Phi) is 41.8. The van der Waals surface area contributed by atoms with Crippen LogP contribution in [0.3, 0.4) is 0 Å². The van der Waals surface area contributed by atoms with Crippen LogP contribution in [-0.2, 0) is 32.7 Å². The van der Waals surface area contributed by atoms with Crippen LogP contribution in [0.1, 0.15) is 232 Å². The topological polar surface area (TPSA) is 114 Å². The van der Waals surface area contributed by atoms with Gasteiger partial charge in [0.25, 0.3) is 0 Å². The first-order valence-electron chi connectivity index (χ1n) is 22.3. The molecule has 0 spiro atoms. The number of nitrogens with two attached hydrogens (primary N) is 1. The van der Waals surface area contributed by atoms with Crippen LogP contribution in [-0.4, -0.2) is 44.4 Å². The van der Waals surface area contributed by atoms with E-state index in [1.54, 1.807) is 0 Å². The molecule has 0 aromatic rings. The first-order valence-corrected chi connectivity index (χ1v) is 23.4. The molecule has 0 fully saturated rings. The van der Waals surface area contributed by atoms with Gasteiger partial charge in [0.05, 0.1) is 0 Å². The van der Waals surface area contributed by atoms with E-state index in [4.69, 9.17) is 24.3 Å². The number of unbranched alkanes of at least 4 members (excludes halogenated alkanes) is 30. The summed E-state index contributed by atoms with van der Waals surface area (Å²) < 4.78 is 33.2. The second-order valence-corrected chi connectivity index (χ2v) is 16.0. The molecular formula is C43H85NO7P+. The average Bonchev–Trinajstić information content (AvgIpc) is 3.14. The van der Waals surface area contributed by atoms with Crippen LogP contribution in [0.2, 0.25) is 0 Å². The van der Waals surface area contributed by atoms with Gasteiger partial charge < -0.3 is 15.2 Å². The average molecular weight is 759 g/mol. The van der Waals surface area contributed by atoms with Crippen molar-refractivity contribution in [3.05, 3.63) is 0 Å². The van der Waals surface area contributed by atoms with E-state index in [-0.39, 0.29) is 38.3 Å². The summed E-state index contributed by atoms with van der Waals surface area (Å²) in [5, 5.41) is 0. The number of esters is 2. The van der Waals surface area contributed by atoms with E-state index in [0.717, 1.165) is 38.5 Å². The van der Waals surface area contributed by atoms with Crippen LogP contribution in [0, 0.1) is 0 Å². The van der Waals surface area contributed by atoms with Crippen LogP contribution in [0.25, 0.3) is 0 Å². The molecule has 0 saturated heterocycles. The highest BCUT2D eigenvalue weighted by atomic mass is 31.1. The van der Waals surface area contributed by atoms with E-state index >= 15 is 0 Å². The molecule has 0 aromatic heterocycles. The highest BCUT2D eigenvalue weighted by Gasteiger charge is 2.26. The van der Waals surface area contributed by atoms with Gasteiger partial charge in [-0.15, -0.1) is 9.05 Å². The van der Waals surface area contributed by atoms with Crippen molar-refractivity contribution in [2.75, 3.05) is 26.4 Å². The second kappa shape index (κ2) is 42.7. The lowest BCUT2D eigenvalue weighted by Gasteiger charge is -2.16. The summed E-state index contributed by atoms with van der Waals surface area (Å²) in [5.74, 6) is -0.668. The maximum atomic E-state index is 12.6. The molecule has 0 heterocycles. The van der Waals surface area contributed by atoms with Gasteiger partial charge in [-0.2, -0.15) is 0 Å². The lowest BCUT2D eigenvalue weighted by Crippen LogP contribution is -2.29. The zero-order valence-corrected chi connectivity index (χ0v) is 35.2. The van der Waals surface area contributed by atoms with Gasteiger partial charge in [0.2, 0.25) is 0 Å². The van der Waals surface area contributed by atoms with Crippen molar-refractivity contribution in [2.45, 2.75) is 238 Å². The number of rotatable bonds is 43. The van der Waals surface area contributed by atoms with Crippen LogP contribution >= 0.6 is 8.25 Å². The molecule has 0 radical (unpaired) electrons. The Labute approximate surface area is 322 Å². The van der Waals surface area contributed by atoms with Crippen molar-refractivity contribution in [1.29, 1.82) is 0 Å². The molecule has 0 aliphatic rings. The number of hydrogen-bond donors (Lipinski definition) is 1. The fraction of sp³-hybridized carbons (Fsp3) is 0.953. The fourth-order valence-corrected chi connectivity index (χ4v) is 7.18. The first kappa shape index (κ1) is 50.9. The van der Waals surface area contributed by atoms with Crippen molar-refractivity contribution in [2.24, 2.45) is 5.73 Å². The summed E-state index contributed by atoms with van der Waals surface area (Å²) in [7, 11) is -2.39. The van der Waals surface area contributed by atoms with Crippen LogP contribution in [0.5, 0.6) is 0 Å². The molecule has 0 aliphatic heterocycles. The Bertz CT molecular complexity index is 785. The third-order valence-electron chi connectivity index (χ3n) is 9.88. The molecule has 0 aromatic carbocycles. The van der Waals surface area contributed by atoms with Gasteiger partial charge in [0.15, 0.2) is 6.10 Å². The summed E-state index contributed by atoms with van der Waals surface area (Å²) in [5.41, 5.74) is 5.39. The molecular weight excluding hydrogens is 673 g/mol. The van der Waals surface area contributed by atoms with Crippen LogP contribution in [0.4, 0.5) is 0 Å². The fourth-order valence-electron chi connectivity index (χ4n) is 6.56. The molecule has 2 atom stereocenters. The molecule has 0 amide bonds. The Morgan fingerprint density at radius 2 is 0.788 bits per heavy atom. The molecule has 0 saturated carbocycles. The molecule has 8 nitrogen and oxygen atoms in total. The maximum absolute atomic E-state index is 12.6. The van der Waals surface area contributed by atoms with Gasteiger partial charge in [0, 0.05) is 24.0 Å². The Morgan fingerprint density at radius 1 is 0.462 bits per heavy atom. The molecule has 2 unspecified atom stereocenters. The Morgan fingerprint density at radius 3 is 1.13 bits per heavy atom. The molecule has 0 bridgehead atoms. The largest absolute Gasteiger partial charge is 0.697 e. The Hall–Kier alpha value is -1.08. The lowest BCUT2D eigenvalue weighted by atomic mass is 10.0. The maximum Gasteiger partial charge on any atom is 0.697 e. The normalized spacial score (nSPS) is 12.2. The smallest absolute Gasteiger partial charge is 0.462 e. The van der Waals surface area contributed by atoms with Gasteiger partial charge >= 0.3 is 20.2 Å². The van der Waals surface area contributed by atoms with E-state index in [0.29, 0.717) is 12.8 Å². The molecule has 9 heteroatoms. The molecule has 308 valence electrons. The number of ether oxygens (including phenoxy) is 2. The summed E-state index contributed by atoms with van der Waals surface area (Å²) >= 11 is 0. The number of carbonyl (C=O) groups is 2. The van der Waals surface area contributed by atoms with Gasteiger partial charge in [-0.05, 0) is 12.8 Å². The summed E-state index contributed by atoms with van der Waals surface area (Å²) in [4.78, 5) is 25.0. The third kappa shape index (κ3) is 40.1. The highest BCUT2D eigenvalue weighted by Crippen LogP contribution is 2.24. The second-order valence-electron chi connectivity index (χ2n) is 15.0. The van der Waals surface area contributed by atoms with E-state index in [1.807, 2.05) is 0 Å². The van der Waals surface area contributed by atoms with E-state index in [2.05, 4.69) is 13.8 Å². The SMILES string of the molecule is CCCCCCCCCCCCCCCCCCC(=O)OCC(CO[P+](=O)OCCN)OC(=O)CCCCCCCCCCCCCCCCCC. The molecule has 52 heavy (non-hydrogen) atoms. The van der Waals surface area contributed by atoms with Gasteiger partial charge in [-0.25, -0.2) is 0 Å². The lowest BCUT2D eigenvalue weighted by molar-refractivity contribution is -0.161. The van der Waals surface area contributed by atoms with Crippen LogP contribution < -0.4 is 5.73 Å². The highest BCUT2D eigenvalue weighted by molar-refractivity contribution is 7.33. The van der Waals surface area contributed by atoms with Crippen molar-refractivity contribution >= 4 is 20.2 Å². The van der Waals surface area contributed by atoms with Crippen molar-refractivity contribution in [3.63, 3.8) is 0 Å².